The number of carbonyl (C=O) groups excluding carboxylic acids is 1. The number of anilines is 1. The summed E-state index contributed by atoms with van der Waals surface area (Å²) in [6.45, 7) is 1.94. The lowest BCUT2D eigenvalue weighted by atomic mass is 10.2. The van der Waals surface area contributed by atoms with Gasteiger partial charge in [-0.25, -0.2) is 9.97 Å². The smallest absolute Gasteiger partial charge is 0.275 e. The average molecular weight is 389 g/mol. The van der Waals surface area contributed by atoms with E-state index in [4.69, 9.17) is 27.9 Å². The van der Waals surface area contributed by atoms with Gasteiger partial charge in [-0.05, 0) is 18.6 Å². The highest BCUT2D eigenvalue weighted by atomic mass is 35.5. The molecule has 0 saturated heterocycles. The second kappa shape index (κ2) is 8.12. The topological polar surface area (TPSA) is 77.0 Å². The lowest BCUT2D eigenvalue weighted by molar-refractivity contribution is 0.102. The summed E-state index contributed by atoms with van der Waals surface area (Å²) in [6.07, 6.45) is 3.68. The standard InChI is InChI=1S/C18H14Cl2N4O2/c1-2-12-7-13(26-14-6-11(19)9-21-10-14)8-15(22-12)18(25)24-17-5-3-4-16(20)23-17/h3-10H,2H2,1H3,(H,23,24,25). The van der Waals surface area contributed by atoms with Crippen molar-refractivity contribution in [1.82, 2.24) is 15.0 Å². The van der Waals surface area contributed by atoms with Gasteiger partial charge in [0.25, 0.3) is 5.91 Å². The van der Waals surface area contributed by atoms with E-state index < -0.39 is 5.91 Å². The SMILES string of the molecule is CCc1cc(Oc2cncc(Cl)c2)cc(C(=O)Nc2cccc(Cl)n2)n1. The van der Waals surface area contributed by atoms with Gasteiger partial charge in [-0.15, -0.1) is 0 Å². The van der Waals surface area contributed by atoms with Crippen LogP contribution < -0.4 is 10.1 Å². The Balaban J connectivity index is 1.85. The fourth-order valence-electron chi connectivity index (χ4n) is 2.16. The largest absolute Gasteiger partial charge is 0.456 e. The summed E-state index contributed by atoms with van der Waals surface area (Å²) >= 11 is 11.8. The van der Waals surface area contributed by atoms with Crippen LogP contribution in [0.4, 0.5) is 5.82 Å². The number of pyridine rings is 3. The van der Waals surface area contributed by atoms with E-state index in [9.17, 15) is 4.79 Å². The number of ether oxygens (including phenoxy) is 1. The van der Waals surface area contributed by atoms with Crippen molar-refractivity contribution < 1.29 is 9.53 Å². The summed E-state index contributed by atoms with van der Waals surface area (Å²) in [5, 5.41) is 3.41. The molecular formula is C18H14Cl2N4O2. The summed E-state index contributed by atoms with van der Waals surface area (Å²) in [5.74, 6) is 0.857. The minimum Gasteiger partial charge on any atom is -0.456 e. The highest BCUT2D eigenvalue weighted by Crippen LogP contribution is 2.25. The van der Waals surface area contributed by atoms with Crippen LogP contribution in [0.2, 0.25) is 10.2 Å². The molecule has 0 saturated carbocycles. The predicted molar refractivity (Wildman–Crippen MR) is 100 cm³/mol. The molecule has 0 unspecified atom stereocenters. The molecule has 3 heterocycles. The summed E-state index contributed by atoms with van der Waals surface area (Å²) in [6, 6.07) is 9.90. The number of halogens is 2. The number of aryl methyl sites for hydroxylation is 1. The van der Waals surface area contributed by atoms with Crippen molar-refractivity contribution in [3.8, 4) is 11.5 Å². The molecule has 8 heteroatoms. The summed E-state index contributed by atoms with van der Waals surface area (Å²) in [7, 11) is 0. The second-order valence-electron chi connectivity index (χ2n) is 5.27. The van der Waals surface area contributed by atoms with Crippen molar-refractivity contribution in [3.05, 3.63) is 70.4 Å². The lowest BCUT2D eigenvalue weighted by Gasteiger charge is -2.10. The quantitative estimate of drug-likeness (QED) is 0.636. The minimum atomic E-state index is -0.413. The van der Waals surface area contributed by atoms with Crippen molar-refractivity contribution in [2.24, 2.45) is 0 Å². The van der Waals surface area contributed by atoms with Gasteiger partial charge in [-0.3, -0.25) is 9.78 Å². The normalized spacial score (nSPS) is 10.4. The molecule has 26 heavy (non-hydrogen) atoms. The number of nitrogens with zero attached hydrogens (tertiary/aromatic N) is 3. The molecule has 0 aliphatic heterocycles. The van der Waals surface area contributed by atoms with Crippen LogP contribution >= 0.6 is 23.2 Å². The Kier molecular flexibility index (Phi) is 5.65. The molecule has 3 rings (SSSR count). The molecule has 0 aliphatic carbocycles. The van der Waals surface area contributed by atoms with Crippen LogP contribution in [0.15, 0.2) is 48.8 Å². The number of hydrogen-bond donors (Lipinski definition) is 1. The summed E-state index contributed by atoms with van der Waals surface area (Å²) in [5.41, 5.74) is 0.915. The number of aromatic nitrogens is 3. The Morgan fingerprint density at radius 2 is 1.96 bits per heavy atom. The second-order valence-corrected chi connectivity index (χ2v) is 6.10. The van der Waals surface area contributed by atoms with Crippen LogP contribution in [0.1, 0.15) is 23.1 Å². The van der Waals surface area contributed by atoms with Crippen molar-refractivity contribution in [1.29, 1.82) is 0 Å². The maximum atomic E-state index is 12.5. The van der Waals surface area contributed by atoms with E-state index in [0.717, 1.165) is 0 Å². The van der Waals surface area contributed by atoms with Crippen LogP contribution in [-0.4, -0.2) is 20.9 Å². The zero-order valence-electron chi connectivity index (χ0n) is 13.7. The maximum absolute atomic E-state index is 12.5. The zero-order chi connectivity index (χ0) is 18.5. The highest BCUT2D eigenvalue weighted by molar-refractivity contribution is 6.30. The molecule has 0 aliphatic rings. The van der Waals surface area contributed by atoms with Gasteiger partial charge in [0.1, 0.15) is 28.2 Å². The van der Waals surface area contributed by atoms with E-state index in [-0.39, 0.29) is 10.8 Å². The fourth-order valence-corrected chi connectivity index (χ4v) is 2.49. The Morgan fingerprint density at radius 3 is 2.69 bits per heavy atom. The van der Waals surface area contributed by atoms with E-state index in [1.165, 1.54) is 12.4 Å². The first-order chi connectivity index (χ1) is 12.5. The molecule has 6 nitrogen and oxygen atoms in total. The van der Waals surface area contributed by atoms with E-state index in [0.29, 0.717) is 34.5 Å². The maximum Gasteiger partial charge on any atom is 0.275 e. The molecule has 0 aromatic carbocycles. The van der Waals surface area contributed by atoms with E-state index in [2.05, 4.69) is 20.3 Å². The molecule has 1 amide bonds. The molecule has 0 fully saturated rings. The van der Waals surface area contributed by atoms with E-state index in [1.54, 1.807) is 36.4 Å². The van der Waals surface area contributed by atoms with E-state index in [1.807, 2.05) is 6.92 Å². The van der Waals surface area contributed by atoms with Crippen molar-refractivity contribution in [2.45, 2.75) is 13.3 Å². The molecule has 132 valence electrons. The number of amides is 1. The number of hydrogen-bond acceptors (Lipinski definition) is 5. The molecule has 0 bridgehead atoms. The molecule has 3 aromatic heterocycles. The number of nitrogens with one attached hydrogen (secondary N) is 1. The van der Waals surface area contributed by atoms with Crippen molar-refractivity contribution >= 4 is 34.9 Å². The third-order valence-corrected chi connectivity index (χ3v) is 3.74. The molecule has 0 spiro atoms. The Hall–Kier alpha value is -2.70. The predicted octanol–water partition coefficient (Wildman–Crippen LogP) is 4.79. The average Bonchev–Trinajstić information content (AvgIpc) is 2.61. The van der Waals surface area contributed by atoms with Crippen LogP contribution in [0.3, 0.4) is 0 Å². The summed E-state index contributed by atoms with van der Waals surface area (Å²) < 4.78 is 5.76. The lowest BCUT2D eigenvalue weighted by Crippen LogP contribution is -2.15. The van der Waals surface area contributed by atoms with Crippen LogP contribution in [-0.2, 0) is 6.42 Å². The Labute approximate surface area is 160 Å². The zero-order valence-corrected chi connectivity index (χ0v) is 15.3. The minimum absolute atomic E-state index is 0.205. The number of rotatable bonds is 5. The van der Waals surface area contributed by atoms with Gasteiger partial charge in [0.15, 0.2) is 0 Å². The van der Waals surface area contributed by atoms with Crippen molar-refractivity contribution in [3.63, 3.8) is 0 Å². The van der Waals surface area contributed by atoms with Crippen LogP contribution in [0.25, 0.3) is 0 Å². The van der Waals surface area contributed by atoms with Gasteiger partial charge in [-0.1, -0.05) is 36.2 Å². The molecule has 0 radical (unpaired) electrons. The fraction of sp³-hybridized carbons (Fsp3) is 0.111. The monoisotopic (exact) mass is 388 g/mol. The third-order valence-electron chi connectivity index (χ3n) is 3.32. The Morgan fingerprint density at radius 1 is 1.12 bits per heavy atom. The Bertz CT molecular complexity index is 950. The van der Waals surface area contributed by atoms with Gasteiger partial charge < -0.3 is 10.1 Å². The van der Waals surface area contributed by atoms with E-state index >= 15 is 0 Å². The first-order valence-electron chi connectivity index (χ1n) is 7.77. The molecule has 0 atom stereocenters. The van der Waals surface area contributed by atoms with Gasteiger partial charge in [-0.2, -0.15) is 0 Å². The van der Waals surface area contributed by atoms with Crippen LogP contribution in [0, 0.1) is 0 Å². The van der Waals surface area contributed by atoms with Gasteiger partial charge in [0.05, 0.1) is 11.2 Å². The van der Waals surface area contributed by atoms with Gasteiger partial charge >= 0.3 is 0 Å². The molecular weight excluding hydrogens is 375 g/mol. The van der Waals surface area contributed by atoms with Gasteiger partial charge in [0, 0.05) is 30.1 Å². The first-order valence-corrected chi connectivity index (χ1v) is 8.52. The first kappa shape index (κ1) is 18.1. The molecule has 3 aromatic rings. The van der Waals surface area contributed by atoms with Gasteiger partial charge in [0.2, 0.25) is 0 Å². The molecule has 1 N–H and O–H groups in total. The third kappa shape index (κ3) is 4.68. The summed E-state index contributed by atoms with van der Waals surface area (Å²) in [4.78, 5) is 24.8. The highest BCUT2D eigenvalue weighted by Gasteiger charge is 2.13. The van der Waals surface area contributed by atoms with Crippen LogP contribution in [0.5, 0.6) is 11.5 Å². The van der Waals surface area contributed by atoms with Crippen molar-refractivity contribution in [2.75, 3.05) is 5.32 Å². The number of carbonyl (C=O) groups is 1.